The summed E-state index contributed by atoms with van der Waals surface area (Å²) in [7, 11) is 5.08. The number of piperidine rings is 1. The lowest BCUT2D eigenvalue weighted by Crippen LogP contribution is -2.60. The van der Waals surface area contributed by atoms with Crippen LogP contribution in [0.2, 0.25) is 0 Å². The van der Waals surface area contributed by atoms with Gasteiger partial charge in [0, 0.05) is 38.0 Å². The first-order valence-electron chi connectivity index (χ1n) is 15.9. The molecule has 0 N–H and O–H groups in total. The summed E-state index contributed by atoms with van der Waals surface area (Å²) in [5.41, 5.74) is 0.711. The minimum Gasteiger partial charge on any atom is -0.456 e. The predicted octanol–water partition coefficient (Wildman–Crippen LogP) is 6.18. The Bertz CT molecular complexity index is 845. The van der Waals surface area contributed by atoms with Crippen LogP contribution in [-0.4, -0.2) is 73.4 Å². The van der Waals surface area contributed by atoms with E-state index in [1.54, 1.807) is 6.92 Å². The number of hydrogen-bond donors (Lipinski definition) is 0. The molecule has 2 saturated heterocycles. The third kappa shape index (κ3) is 3.85. The fraction of sp³-hybridized carbons (Fsp3) is 0.969. The van der Waals surface area contributed by atoms with Crippen LogP contribution in [0, 0.1) is 34.5 Å². The minimum absolute atomic E-state index is 0.0508. The predicted molar refractivity (Wildman–Crippen MR) is 145 cm³/mol. The quantitative estimate of drug-likeness (QED) is 0.342. The van der Waals surface area contributed by atoms with Crippen LogP contribution < -0.4 is 0 Å². The number of nitrogens with zero attached hydrogens (tertiary/aromatic N) is 2. The lowest BCUT2D eigenvalue weighted by Gasteiger charge is -2.61. The van der Waals surface area contributed by atoms with E-state index >= 15 is 0 Å². The van der Waals surface area contributed by atoms with Crippen molar-refractivity contribution in [3.63, 3.8) is 0 Å². The first-order valence-corrected chi connectivity index (χ1v) is 15.9. The Hall–Kier alpha value is -0.610. The van der Waals surface area contributed by atoms with Gasteiger partial charge in [0.05, 0.1) is 46.3 Å². The average molecular weight is 501 g/mol. The van der Waals surface area contributed by atoms with Gasteiger partial charge in [0.2, 0.25) is 0 Å². The van der Waals surface area contributed by atoms with Crippen LogP contribution >= 0.6 is 0 Å². The highest BCUT2D eigenvalue weighted by atomic mass is 16.5. The molecular formula is C32H56N2O2+2. The molecule has 0 bridgehead atoms. The van der Waals surface area contributed by atoms with E-state index in [1.165, 1.54) is 114 Å². The van der Waals surface area contributed by atoms with E-state index in [2.05, 4.69) is 27.9 Å². The van der Waals surface area contributed by atoms with Gasteiger partial charge in [0.25, 0.3) is 0 Å². The molecule has 0 aromatic heterocycles. The molecule has 6 rings (SSSR count). The molecule has 0 radical (unpaired) electrons. The van der Waals surface area contributed by atoms with Gasteiger partial charge in [-0.2, -0.15) is 0 Å². The highest BCUT2D eigenvalue weighted by molar-refractivity contribution is 5.66. The maximum atomic E-state index is 12.4. The Kier molecular flexibility index (Phi) is 6.39. The van der Waals surface area contributed by atoms with Gasteiger partial charge in [-0.3, -0.25) is 4.79 Å². The van der Waals surface area contributed by atoms with Crippen LogP contribution in [0.4, 0.5) is 0 Å². The molecule has 2 aliphatic heterocycles. The molecule has 4 heteroatoms. The molecule has 36 heavy (non-hydrogen) atoms. The molecule has 204 valence electrons. The van der Waals surface area contributed by atoms with Crippen molar-refractivity contribution in [1.29, 1.82) is 0 Å². The van der Waals surface area contributed by atoms with Crippen LogP contribution in [0.5, 0.6) is 0 Å². The number of ether oxygens (including phenoxy) is 1. The fourth-order valence-electron chi connectivity index (χ4n) is 11.7. The van der Waals surface area contributed by atoms with Gasteiger partial charge >= 0.3 is 5.97 Å². The summed E-state index contributed by atoms with van der Waals surface area (Å²) in [4.78, 5) is 12.4. The molecule has 0 amide bonds. The largest absolute Gasteiger partial charge is 0.456 e. The Morgan fingerprint density at radius 3 is 2.08 bits per heavy atom. The number of esters is 1. The number of rotatable bonds is 3. The van der Waals surface area contributed by atoms with Gasteiger partial charge in [-0.25, -0.2) is 0 Å². The fourth-order valence-corrected chi connectivity index (χ4v) is 11.7. The molecule has 9 atom stereocenters. The standard InChI is InChI=1S/C32H56N2O2/c1-23(35)36-30-29(34(5)19-7-6-8-20-34)22-28-26-12-11-24-21-25(33(4)17-9-10-18-33)13-15-31(24,2)27(26)14-16-32(28,30)3/h24-30H,6-22H2,1-5H3/q+2/t24-,25-,26?,27?,28?,29-,30-,31-,32-/m0/s1. The van der Waals surface area contributed by atoms with E-state index in [0.29, 0.717) is 11.5 Å². The van der Waals surface area contributed by atoms with E-state index in [1.807, 2.05) is 0 Å². The van der Waals surface area contributed by atoms with Crippen molar-refractivity contribution in [3.05, 3.63) is 0 Å². The maximum Gasteiger partial charge on any atom is 0.303 e. The second-order valence-electron chi connectivity index (χ2n) is 15.6. The van der Waals surface area contributed by atoms with E-state index in [9.17, 15) is 4.79 Å². The minimum atomic E-state index is -0.0508. The Balaban J connectivity index is 1.25. The van der Waals surface area contributed by atoms with Gasteiger partial charge in [-0.05, 0) is 86.9 Å². The molecule has 2 heterocycles. The number of quaternary nitrogens is 2. The summed E-state index contributed by atoms with van der Waals surface area (Å²) in [6.07, 6.45) is 18.3. The molecule has 6 fully saturated rings. The third-order valence-corrected chi connectivity index (χ3v) is 14.0. The van der Waals surface area contributed by atoms with Crippen molar-refractivity contribution in [1.82, 2.24) is 0 Å². The zero-order valence-electron chi connectivity index (χ0n) is 24.3. The third-order valence-electron chi connectivity index (χ3n) is 14.0. The van der Waals surface area contributed by atoms with E-state index < -0.39 is 0 Å². The first kappa shape index (κ1) is 25.7. The highest BCUT2D eigenvalue weighted by Crippen LogP contribution is 2.67. The molecule has 0 aromatic carbocycles. The zero-order chi connectivity index (χ0) is 25.3. The summed E-state index contributed by atoms with van der Waals surface area (Å²) in [6.45, 7) is 12.3. The lowest BCUT2D eigenvalue weighted by molar-refractivity contribution is -0.940. The van der Waals surface area contributed by atoms with Crippen LogP contribution in [0.25, 0.3) is 0 Å². The number of carbonyl (C=O) groups is 1. The Morgan fingerprint density at radius 2 is 1.39 bits per heavy atom. The van der Waals surface area contributed by atoms with Gasteiger partial charge in [0.1, 0.15) is 6.04 Å². The topological polar surface area (TPSA) is 26.3 Å². The smallest absolute Gasteiger partial charge is 0.303 e. The Morgan fingerprint density at radius 1 is 0.750 bits per heavy atom. The summed E-state index contributed by atoms with van der Waals surface area (Å²) < 4.78 is 8.88. The van der Waals surface area contributed by atoms with Crippen LogP contribution in [0.3, 0.4) is 0 Å². The van der Waals surface area contributed by atoms with Gasteiger partial charge in [0.15, 0.2) is 6.10 Å². The van der Waals surface area contributed by atoms with Gasteiger partial charge < -0.3 is 13.7 Å². The van der Waals surface area contributed by atoms with Crippen LogP contribution in [-0.2, 0) is 9.53 Å². The highest BCUT2D eigenvalue weighted by Gasteiger charge is 2.67. The molecule has 3 unspecified atom stereocenters. The van der Waals surface area contributed by atoms with E-state index in [4.69, 9.17) is 4.74 Å². The molecule has 4 saturated carbocycles. The van der Waals surface area contributed by atoms with E-state index in [-0.39, 0.29) is 17.5 Å². The normalized spacial score (nSPS) is 49.5. The van der Waals surface area contributed by atoms with Crippen LogP contribution in [0.1, 0.15) is 104 Å². The molecular weight excluding hydrogens is 444 g/mol. The molecule has 6 aliphatic rings. The molecule has 0 aromatic rings. The summed E-state index contributed by atoms with van der Waals surface area (Å²) in [6, 6.07) is 1.42. The maximum absolute atomic E-state index is 12.4. The first-order chi connectivity index (χ1) is 17.1. The number of fused-ring (bicyclic) bond motifs is 5. The average Bonchev–Trinajstić information content (AvgIpc) is 3.41. The summed E-state index contributed by atoms with van der Waals surface area (Å²) in [5.74, 6) is 3.36. The molecule has 0 spiro atoms. The number of carbonyl (C=O) groups excluding carboxylic acids is 1. The van der Waals surface area contributed by atoms with Gasteiger partial charge in [-0.1, -0.05) is 13.8 Å². The number of hydrogen-bond acceptors (Lipinski definition) is 2. The van der Waals surface area contributed by atoms with E-state index in [0.717, 1.165) is 34.2 Å². The number of likely N-dealkylation sites (N-methyl/N-ethyl adjacent to an activating group) is 1. The molecule has 4 aliphatic carbocycles. The summed E-state index contributed by atoms with van der Waals surface area (Å²) in [5, 5.41) is 0. The monoisotopic (exact) mass is 500 g/mol. The van der Waals surface area contributed by atoms with Crippen molar-refractivity contribution in [2.45, 2.75) is 122 Å². The van der Waals surface area contributed by atoms with Crippen molar-refractivity contribution < 1.29 is 18.5 Å². The van der Waals surface area contributed by atoms with Crippen molar-refractivity contribution in [2.24, 2.45) is 34.5 Å². The van der Waals surface area contributed by atoms with Crippen molar-refractivity contribution >= 4 is 5.97 Å². The second-order valence-corrected chi connectivity index (χ2v) is 15.6. The SMILES string of the molecule is CC(=O)O[C@H]1[C@@H]([N+]2(C)CCCCC2)CC2C3CC[C@H]4C[C@@H]([N+]5(C)CCCC5)CC[C@]4(C)C3CC[C@@]21C. The van der Waals surface area contributed by atoms with Gasteiger partial charge in [-0.15, -0.1) is 0 Å². The van der Waals surface area contributed by atoms with Crippen molar-refractivity contribution in [2.75, 3.05) is 40.3 Å². The van der Waals surface area contributed by atoms with Crippen LogP contribution in [0.15, 0.2) is 0 Å². The number of likely N-dealkylation sites (tertiary alicyclic amines) is 2. The lowest BCUT2D eigenvalue weighted by atomic mass is 9.45. The van der Waals surface area contributed by atoms with Crippen molar-refractivity contribution in [3.8, 4) is 0 Å². The summed E-state index contributed by atoms with van der Waals surface area (Å²) >= 11 is 0. The zero-order valence-corrected chi connectivity index (χ0v) is 24.3. The second kappa shape index (κ2) is 8.97. The Labute approximate surface area is 221 Å². The molecule has 4 nitrogen and oxygen atoms in total.